The topological polar surface area (TPSA) is 80.5 Å². The van der Waals surface area contributed by atoms with Gasteiger partial charge in [0.15, 0.2) is 0 Å². The molecule has 6 nitrogen and oxygen atoms in total. The number of rotatable bonds is 4. The normalized spacial score (nSPS) is 11.2. The molecule has 0 atom stereocenters. The monoisotopic (exact) mass is 324 g/mol. The molecule has 0 amide bonds. The second-order valence-corrected chi connectivity index (χ2v) is 6.63. The number of hydrogen-bond donors (Lipinski definition) is 0. The predicted octanol–water partition coefficient (Wildman–Crippen LogP) is 2.87. The summed E-state index contributed by atoms with van der Waals surface area (Å²) in [6.45, 7) is 1.52. The molecule has 0 aliphatic rings. The van der Waals surface area contributed by atoms with Crippen molar-refractivity contribution in [2.75, 3.05) is 11.4 Å². The summed E-state index contributed by atoms with van der Waals surface area (Å²) in [5.74, 6) is -0.575. The largest absolute Gasteiger partial charge is 0.273 e. The van der Waals surface area contributed by atoms with Crippen molar-refractivity contribution in [1.29, 1.82) is 0 Å². The Balaban J connectivity index is 2.51. The van der Waals surface area contributed by atoms with E-state index in [0.29, 0.717) is 5.56 Å². The quantitative estimate of drug-likeness (QED) is 0.640. The zero-order valence-electron chi connectivity index (χ0n) is 11.9. The summed E-state index contributed by atoms with van der Waals surface area (Å²) in [5.41, 5.74) is 0.203. The van der Waals surface area contributed by atoms with Crippen LogP contribution in [0.25, 0.3) is 0 Å². The fraction of sp³-hybridized carbons (Fsp3) is 0.143. The number of anilines is 1. The summed E-state index contributed by atoms with van der Waals surface area (Å²) in [5, 5.41) is 10.9. The molecular weight excluding hydrogens is 311 g/mol. The third-order valence-corrected chi connectivity index (χ3v) is 4.99. The first-order valence-corrected chi connectivity index (χ1v) is 7.67. The van der Waals surface area contributed by atoms with Crippen molar-refractivity contribution < 1.29 is 17.7 Å². The van der Waals surface area contributed by atoms with Crippen LogP contribution in [0.3, 0.4) is 0 Å². The Bertz CT molecular complexity index is 836. The van der Waals surface area contributed by atoms with Crippen LogP contribution in [-0.4, -0.2) is 20.4 Å². The fourth-order valence-corrected chi connectivity index (χ4v) is 3.12. The second-order valence-electron chi connectivity index (χ2n) is 4.66. The van der Waals surface area contributed by atoms with E-state index in [1.807, 2.05) is 0 Å². The number of nitro groups is 1. The lowest BCUT2D eigenvalue weighted by molar-refractivity contribution is -0.385. The highest BCUT2D eigenvalue weighted by molar-refractivity contribution is 7.92. The van der Waals surface area contributed by atoms with Gasteiger partial charge in [0.05, 0.1) is 15.5 Å². The molecular formula is C14H13FN2O4S. The Hall–Kier alpha value is -2.48. The van der Waals surface area contributed by atoms with Crippen molar-refractivity contribution in [3.63, 3.8) is 0 Å². The summed E-state index contributed by atoms with van der Waals surface area (Å²) in [4.78, 5) is 10.1. The maximum atomic E-state index is 13.2. The van der Waals surface area contributed by atoms with Gasteiger partial charge in [-0.3, -0.25) is 14.4 Å². The summed E-state index contributed by atoms with van der Waals surface area (Å²) in [6, 6.07) is 8.73. The number of nitro benzene ring substituents is 1. The standard InChI is InChI=1S/C14H13FN2O4S/c1-10-6-7-13(9-14(10)17(18)19)22(20,21)16(2)12-5-3-4-11(15)8-12/h3-9H,1-2H3. The molecule has 0 aliphatic carbocycles. The molecule has 0 radical (unpaired) electrons. The van der Waals surface area contributed by atoms with E-state index in [9.17, 15) is 22.9 Å². The van der Waals surface area contributed by atoms with Gasteiger partial charge in [-0.2, -0.15) is 0 Å². The molecule has 0 saturated carbocycles. The Morgan fingerprint density at radius 2 is 1.86 bits per heavy atom. The van der Waals surface area contributed by atoms with Crippen LogP contribution in [0.1, 0.15) is 5.56 Å². The summed E-state index contributed by atoms with van der Waals surface area (Å²) >= 11 is 0. The van der Waals surface area contributed by atoms with Crippen molar-refractivity contribution >= 4 is 21.4 Å². The smallest absolute Gasteiger partial charge is 0.269 e. The third-order valence-electron chi connectivity index (χ3n) is 3.21. The number of benzene rings is 2. The summed E-state index contributed by atoms with van der Waals surface area (Å²) in [7, 11) is -2.76. The highest BCUT2D eigenvalue weighted by Crippen LogP contribution is 2.27. The maximum Gasteiger partial charge on any atom is 0.273 e. The summed E-state index contributed by atoms with van der Waals surface area (Å²) < 4.78 is 39.1. The molecule has 0 unspecified atom stereocenters. The minimum atomic E-state index is -4.02. The fourth-order valence-electron chi connectivity index (χ4n) is 1.92. The average molecular weight is 324 g/mol. The van der Waals surface area contributed by atoms with Gasteiger partial charge >= 0.3 is 0 Å². The van der Waals surface area contributed by atoms with E-state index in [1.165, 1.54) is 44.3 Å². The average Bonchev–Trinajstić information content (AvgIpc) is 2.46. The van der Waals surface area contributed by atoms with E-state index in [4.69, 9.17) is 0 Å². The van der Waals surface area contributed by atoms with Crippen molar-refractivity contribution in [3.05, 3.63) is 64.0 Å². The van der Waals surface area contributed by atoms with Crippen molar-refractivity contribution in [2.24, 2.45) is 0 Å². The van der Waals surface area contributed by atoms with Gasteiger partial charge in [0.1, 0.15) is 5.82 Å². The molecule has 0 saturated heterocycles. The lowest BCUT2D eigenvalue weighted by Gasteiger charge is -2.19. The van der Waals surface area contributed by atoms with Crippen molar-refractivity contribution in [3.8, 4) is 0 Å². The van der Waals surface area contributed by atoms with Gasteiger partial charge in [-0.25, -0.2) is 12.8 Å². The van der Waals surface area contributed by atoms with Gasteiger partial charge in [-0.1, -0.05) is 12.1 Å². The Kier molecular flexibility index (Phi) is 4.14. The van der Waals surface area contributed by atoms with Crippen molar-refractivity contribution in [2.45, 2.75) is 11.8 Å². The first-order valence-electron chi connectivity index (χ1n) is 6.23. The van der Waals surface area contributed by atoms with E-state index in [2.05, 4.69) is 0 Å². The Labute approximate surface area is 127 Å². The third kappa shape index (κ3) is 2.91. The molecule has 116 valence electrons. The molecule has 2 aromatic carbocycles. The lowest BCUT2D eigenvalue weighted by Crippen LogP contribution is -2.26. The number of aryl methyl sites for hydroxylation is 1. The first kappa shape index (κ1) is 15.9. The molecule has 0 aromatic heterocycles. The molecule has 0 fully saturated rings. The zero-order chi connectivity index (χ0) is 16.5. The number of halogens is 1. The van der Waals surface area contributed by atoms with Crippen LogP contribution in [0.15, 0.2) is 47.4 Å². The predicted molar refractivity (Wildman–Crippen MR) is 79.8 cm³/mol. The van der Waals surface area contributed by atoms with Gasteiger partial charge in [-0.15, -0.1) is 0 Å². The van der Waals surface area contributed by atoms with Crippen LogP contribution >= 0.6 is 0 Å². The van der Waals surface area contributed by atoms with Crippen LogP contribution in [0.5, 0.6) is 0 Å². The van der Waals surface area contributed by atoms with Gasteiger partial charge in [0.2, 0.25) is 0 Å². The highest BCUT2D eigenvalue weighted by Gasteiger charge is 2.24. The van der Waals surface area contributed by atoms with Crippen LogP contribution in [-0.2, 0) is 10.0 Å². The maximum absolute atomic E-state index is 13.2. The zero-order valence-corrected chi connectivity index (χ0v) is 12.7. The number of nitrogens with zero attached hydrogens (tertiary/aromatic N) is 2. The molecule has 0 aliphatic heterocycles. The van der Waals surface area contributed by atoms with Crippen LogP contribution in [0.2, 0.25) is 0 Å². The molecule has 0 N–H and O–H groups in total. The van der Waals surface area contributed by atoms with Gasteiger partial charge < -0.3 is 0 Å². The first-order chi connectivity index (χ1) is 10.2. The number of sulfonamides is 1. The van der Waals surface area contributed by atoms with E-state index in [0.717, 1.165) is 16.4 Å². The van der Waals surface area contributed by atoms with Crippen LogP contribution < -0.4 is 4.31 Å². The Morgan fingerprint density at radius 3 is 2.45 bits per heavy atom. The molecule has 8 heteroatoms. The second kappa shape index (κ2) is 5.72. The van der Waals surface area contributed by atoms with Crippen LogP contribution in [0.4, 0.5) is 15.8 Å². The minimum Gasteiger partial charge on any atom is -0.269 e. The van der Waals surface area contributed by atoms with Gasteiger partial charge in [0, 0.05) is 18.7 Å². The molecule has 22 heavy (non-hydrogen) atoms. The highest BCUT2D eigenvalue weighted by atomic mass is 32.2. The lowest BCUT2D eigenvalue weighted by atomic mass is 10.2. The SMILES string of the molecule is Cc1ccc(S(=O)(=O)N(C)c2cccc(F)c2)cc1[N+](=O)[O-]. The van der Waals surface area contributed by atoms with Crippen molar-refractivity contribution in [1.82, 2.24) is 0 Å². The molecule has 0 heterocycles. The van der Waals surface area contributed by atoms with E-state index >= 15 is 0 Å². The van der Waals surface area contributed by atoms with E-state index in [1.54, 1.807) is 0 Å². The molecule has 2 aromatic rings. The molecule has 0 spiro atoms. The number of hydrogen-bond acceptors (Lipinski definition) is 4. The van der Waals surface area contributed by atoms with Gasteiger partial charge in [0.25, 0.3) is 15.7 Å². The minimum absolute atomic E-state index is 0.128. The molecule has 2 rings (SSSR count). The Morgan fingerprint density at radius 1 is 1.18 bits per heavy atom. The molecule has 0 bridgehead atoms. The van der Waals surface area contributed by atoms with Gasteiger partial charge in [-0.05, 0) is 31.2 Å². The van der Waals surface area contributed by atoms with Crippen LogP contribution in [0, 0.1) is 22.9 Å². The van der Waals surface area contributed by atoms with E-state index < -0.39 is 20.8 Å². The summed E-state index contributed by atoms with van der Waals surface area (Å²) in [6.07, 6.45) is 0. The van der Waals surface area contributed by atoms with E-state index in [-0.39, 0.29) is 16.3 Å².